The zero-order valence-electron chi connectivity index (χ0n) is 20.8. The maximum Gasteiger partial charge on any atom is 0.140 e. The molecule has 174 valence electrons. The molecule has 2 unspecified atom stereocenters. The second kappa shape index (κ2) is 11.2. The molecule has 0 saturated heterocycles. The summed E-state index contributed by atoms with van der Waals surface area (Å²) in [5.41, 5.74) is 6.48. The first-order valence-corrected chi connectivity index (χ1v) is 12.5. The Morgan fingerprint density at radius 2 is 2.03 bits per heavy atom. The van der Waals surface area contributed by atoms with Crippen LogP contribution in [-0.2, 0) is 0 Å². The smallest absolute Gasteiger partial charge is 0.140 e. The second-order valence-corrected chi connectivity index (χ2v) is 9.02. The van der Waals surface area contributed by atoms with E-state index < -0.39 is 0 Å². The molecule has 2 nitrogen and oxygen atoms in total. The lowest BCUT2D eigenvalue weighted by Gasteiger charge is -2.19. The molecule has 2 atom stereocenters. The van der Waals surface area contributed by atoms with E-state index in [1.165, 1.54) is 27.3 Å². The zero-order chi connectivity index (χ0) is 23.9. The number of rotatable bonds is 8. The van der Waals surface area contributed by atoms with Crippen LogP contribution in [0, 0.1) is 11.8 Å². The van der Waals surface area contributed by atoms with Gasteiger partial charge in [-0.15, -0.1) is 0 Å². The summed E-state index contributed by atoms with van der Waals surface area (Å²) in [7, 11) is 0. The Bertz CT molecular complexity index is 1380. The minimum atomic E-state index is 0.339. The molecule has 0 amide bonds. The van der Waals surface area contributed by atoms with Crippen LogP contribution in [0.2, 0.25) is 0 Å². The normalized spacial score (nSPS) is 17.7. The topological polar surface area (TPSA) is 26.0 Å². The van der Waals surface area contributed by atoms with E-state index in [4.69, 9.17) is 9.40 Å². The van der Waals surface area contributed by atoms with E-state index >= 15 is 0 Å². The molecule has 0 bridgehead atoms. The molecule has 0 radical (unpaired) electrons. The molecular formula is C32H35NO. The average Bonchev–Trinajstić information content (AvgIpc) is 3.25. The number of pyridine rings is 1. The average molecular weight is 450 g/mol. The van der Waals surface area contributed by atoms with Crippen molar-refractivity contribution < 1.29 is 4.42 Å². The number of fused-ring (bicyclic) bond motifs is 3. The van der Waals surface area contributed by atoms with Crippen molar-refractivity contribution in [2.45, 2.75) is 47.0 Å². The van der Waals surface area contributed by atoms with Gasteiger partial charge in [-0.25, -0.2) is 0 Å². The van der Waals surface area contributed by atoms with E-state index in [9.17, 15) is 0 Å². The number of nitrogens with zero attached hydrogens (tertiary/aromatic N) is 1. The van der Waals surface area contributed by atoms with E-state index in [1.807, 2.05) is 12.3 Å². The molecule has 3 aromatic rings. The van der Waals surface area contributed by atoms with E-state index in [0.29, 0.717) is 11.8 Å². The van der Waals surface area contributed by atoms with Crippen molar-refractivity contribution in [2.75, 3.05) is 0 Å². The molecule has 0 N–H and O–H groups in total. The first-order valence-electron chi connectivity index (χ1n) is 12.5. The molecule has 0 saturated carbocycles. The highest BCUT2D eigenvalue weighted by atomic mass is 16.3. The Morgan fingerprint density at radius 3 is 2.82 bits per heavy atom. The van der Waals surface area contributed by atoms with Crippen molar-refractivity contribution in [3.8, 4) is 0 Å². The molecule has 4 rings (SSSR count). The van der Waals surface area contributed by atoms with Crippen LogP contribution in [0.4, 0.5) is 0 Å². The SMILES string of the molecule is CC=CCC1CC=c2c(oc3ccccc23)=C1c1cc(C(/C=C\C)=C/C=C/C(C)CC)ccn1. The van der Waals surface area contributed by atoms with Crippen molar-refractivity contribution >= 4 is 28.2 Å². The third kappa shape index (κ3) is 5.07. The van der Waals surface area contributed by atoms with Crippen LogP contribution < -0.4 is 10.6 Å². The molecule has 2 aromatic heterocycles. The predicted octanol–water partition coefficient (Wildman–Crippen LogP) is 7.36. The van der Waals surface area contributed by atoms with Gasteiger partial charge in [-0.05, 0) is 67.9 Å². The van der Waals surface area contributed by atoms with Crippen molar-refractivity contribution in [3.63, 3.8) is 0 Å². The monoisotopic (exact) mass is 449 g/mol. The third-order valence-corrected chi connectivity index (χ3v) is 6.62. The summed E-state index contributed by atoms with van der Waals surface area (Å²) in [6.07, 6.45) is 22.7. The molecule has 34 heavy (non-hydrogen) atoms. The highest BCUT2D eigenvalue weighted by Gasteiger charge is 2.23. The summed E-state index contributed by atoms with van der Waals surface area (Å²) in [5, 5.41) is 2.38. The zero-order valence-corrected chi connectivity index (χ0v) is 20.8. The van der Waals surface area contributed by atoms with Crippen molar-refractivity contribution in [1.82, 2.24) is 4.98 Å². The van der Waals surface area contributed by atoms with Gasteiger partial charge >= 0.3 is 0 Å². The van der Waals surface area contributed by atoms with Crippen LogP contribution >= 0.6 is 0 Å². The molecule has 1 aromatic carbocycles. The lowest BCUT2D eigenvalue weighted by Crippen LogP contribution is -2.31. The molecule has 0 spiro atoms. The number of para-hydroxylation sites is 1. The molecular weight excluding hydrogens is 414 g/mol. The highest BCUT2D eigenvalue weighted by Crippen LogP contribution is 2.30. The lowest BCUT2D eigenvalue weighted by atomic mass is 9.85. The summed E-state index contributed by atoms with van der Waals surface area (Å²) >= 11 is 0. The van der Waals surface area contributed by atoms with E-state index in [-0.39, 0.29) is 0 Å². The van der Waals surface area contributed by atoms with Crippen LogP contribution in [0.15, 0.2) is 89.5 Å². The summed E-state index contributed by atoms with van der Waals surface area (Å²) in [6, 6.07) is 12.6. The standard InChI is InChI=1S/C32H35NO/c1-5-8-14-25-18-19-28-27-16-9-10-17-30(27)34-32(28)31(25)29-22-26(20-21-33-29)24(12-6-2)15-11-13-23(4)7-3/h5-6,8-13,15-17,19-23,25H,7,14,18H2,1-4H3/b8-5?,12-6-,13-11+,24-15+. The second-order valence-electron chi connectivity index (χ2n) is 9.02. The van der Waals surface area contributed by atoms with Crippen molar-refractivity contribution in [3.05, 3.63) is 107 Å². The van der Waals surface area contributed by atoms with Crippen LogP contribution in [0.1, 0.15) is 58.2 Å². The summed E-state index contributed by atoms with van der Waals surface area (Å²) in [4.78, 5) is 4.85. The van der Waals surface area contributed by atoms with Gasteiger partial charge in [0.25, 0.3) is 0 Å². The molecule has 0 fully saturated rings. The summed E-state index contributed by atoms with van der Waals surface area (Å²) in [5.74, 6) is 0.912. The Labute approximate surface area is 203 Å². The van der Waals surface area contributed by atoms with Crippen LogP contribution in [-0.4, -0.2) is 4.98 Å². The third-order valence-electron chi connectivity index (χ3n) is 6.62. The predicted molar refractivity (Wildman–Crippen MR) is 146 cm³/mol. The highest BCUT2D eigenvalue weighted by molar-refractivity contribution is 5.82. The van der Waals surface area contributed by atoms with Gasteiger partial charge in [-0.1, -0.05) is 87.1 Å². The fraction of sp³-hybridized carbons (Fsp3) is 0.281. The Hall–Kier alpha value is -3.39. The van der Waals surface area contributed by atoms with E-state index in [0.717, 1.165) is 36.0 Å². The van der Waals surface area contributed by atoms with E-state index in [1.54, 1.807) is 0 Å². The number of benzene rings is 1. The van der Waals surface area contributed by atoms with E-state index in [2.05, 4.69) is 107 Å². The maximum atomic E-state index is 6.45. The fourth-order valence-corrected chi connectivity index (χ4v) is 4.54. The van der Waals surface area contributed by atoms with Gasteiger partial charge < -0.3 is 4.42 Å². The van der Waals surface area contributed by atoms with Gasteiger partial charge in [0.2, 0.25) is 0 Å². The number of aromatic nitrogens is 1. The van der Waals surface area contributed by atoms with Gasteiger partial charge in [-0.3, -0.25) is 4.98 Å². The molecule has 2 heterocycles. The van der Waals surface area contributed by atoms with Gasteiger partial charge in [0.1, 0.15) is 11.0 Å². The Balaban J connectivity index is 1.88. The summed E-state index contributed by atoms with van der Waals surface area (Å²) in [6.45, 7) is 8.61. The largest absolute Gasteiger partial charge is 0.456 e. The molecule has 1 aliphatic rings. The minimum absolute atomic E-state index is 0.339. The molecule has 0 aliphatic heterocycles. The lowest BCUT2D eigenvalue weighted by molar-refractivity contribution is 0.553. The van der Waals surface area contributed by atoms with Crippen LogP contribution in [0.5, 0.6) is 0 Å². The van der Waals surface area contributed by atoms with Gasteiger partial charge in [-0.2, -0.15) is 0 Å². The number of allylic oxidation sites excluding steroid dienone is 8. The summed E-state index contributed by atoms with van der Waals surface area (Å²) < 4.78 is 6.45. The number of hydrogen-bond acceptors (Lipinski definition) is 2. The fourth-order valence-electron chi connectivity index (χ4n) is 4.54. The Morgan fingerprint density at radius 1 is 1.18 bits per heavy atom. The first kappa shape index (κ1) is 23.8. The van der Waals surface area contributed by atoms with Crippen molar-refractivity contribution in [1.29, 1.82) is 0 Å². The molecule has 1 aliphatic carbocycles. The molecule has 2 heteroatoms. The van der Waals surface area contributed by atoms with Gasteiger partial charge in [0.15, 0.2) is 0 Å². The Kier molecular flexibility index (Phi) is 7.80. The minimum Gasteiger partial charge on any atom is -0.456 e. The van der Waals surface area contributed by atoms with Crippen LogP contribution in [0.3, 0.4) is 0 Å². The quantitative estimate of drug-likeness (QED) is 0.265. The maximum absolute atomic E-state index is 6.45. The van der Waals surface area contributed by atoms with Gasteiger partial charge in [0, 0.05) is 22.4 Å². The van der Waals surface area contributed by atoms with Gasteiger partial charge in [0.05, 0.1) is 5.69 Å². The number of furan rings is 1. The number of hydrogen-bond donors (Lipinski definition) is 0. The first-order chi connectivity index (χ1) is 16.7. The van der Waals surface area contributed by atoms with Crippen LogP contribution in [0.25, 0.3) is 28.2 Å². The van der Waals surface area contributed by atoms with Crippen molar-refractivity contribution in [2.24, 2.45) is 11.8 Å².